The summed E-state index contributed by atoms with van der Waals surface area (Å²) < 4.78 is 0. The first-order chi connectivity index (χ1) is 7.50. The summed E-state index contributed by atoms with van der Waals surface area (Å²) in [5.74, 6) is 0. The minimum atomic E-state index is -1.23. The van der Waals surface area contributed by atoms with E-state index in [0.29, 0.717) is 6.42 Å². The van der Waals surface area contributed by atoms with Crippen LogP contribution in [0.2, 0.25) is 0 Å². The Balaban J connectivity index is 3.30. The van der Waals surface area contributed by atoms with Crippen molar-refractivity contribution in [3.8, 4) is 0 Å². The standard InChI is InChI=1S/C12H26N2O2/c1-3-4-5-6-7-8-9-10-11-12(2,13)14(15)16/h3-11,13H2,1-2H3. The molecule has 16 heavy (non-hydrogen) atoms. The second-order valence-corrected chi connectivity index (χ2v) is 4.84. The third-order valence-electron chi connectivity index (χ3n) is 2.95. The van der Waals surface area contributed by atoms with Crippen LogP contribution in [0.3, 0.4) is 0 Å². The molecule has 4 nitrogen and oxygen atoms in total. The highest BCUT2D eigenvalue weighted by molar-refractivity contribution is 4.64. The molecule has 0 saturated heterocycles. The van der Waals surface area contributed by atoms with Gasteiger partial charge in [-0.2, -0.15) is 0 Å². The molecule has 1 unspecified atom stereocenters. The van der Waals surface area contributed by atoms with E-state index in [0.717, 1.165) is 12.8 Å². The van der Waals surface area contributed by atoms with Crippen LogP contribution in [0.25, 0.3) is 0 Å². The first-order valence-corrected chi connectivity index (χ1v) is 6.44. The fraction of sp³-hybridized carbons (Fsp3) is 1.00. The van der Waals surface area contributed by atoms with Gasteiger partial charge in [0.05, 0.1) is 0 Å². The van der Waals surface area contributed by atoms with Gasteiger partial charge in [0.2, 0.25) is 0 Å². The number of rotatable bonds is 10. The lowest BCUT2D eigenvalue weighted by Gasteiger charge is -2.14. The van der Waals surface area contributed by atoms with Crippen molar-refractivity contribution in [1.29, 1.82) is 0 Å². The van der Waals surface area contributed by atoms with Crippen LogP contribution in [0.15, 0.2) is 0 Å². The Morgan fingerprint density at radius 3 is 1.94 bits per heavy atom. The van der Waals surface area contributed by atoms with Crippen LogP contribution in [-0.2, 0) is 0 Å². The van der Waals surface area contributed by atoms with E-state index in [9.17, 15) is 10.1 Å². The maximum absolute atomic E-state index is 10.5. The summed E-state index contributed by atoms with van der Waals surface area (Å²) in [4.78, 5) is 10.2. The van der Waals surface area contributed by atoms with Crippen LogP contribution < -0.4 is 5.73 Å². The molecule has 0 fully saturated rings. The molecule has 0 spiro atoms. The zero-order valence-electron chi connectivity index (χ0n) is 10.7. The molecule has 2 N–H and O–H groups in total. The Labute approximate surface area is 98.7 Å². The van der Waals surface area contributed by atoms with E-state index >= 15 is 0 Å². The molecular formula is C12H26N2O2. The zero-order valence-corrected chi connectivity index (χ0v) is 10.7. The molecule has 0 saturated carbocycles. The molecule has 0 aliphatic heterocycles. The summed E-state index contributed by atoms with van der Waals surface area (Å²) in [7, 11) is 0. The number of unbranched alkanes of at least 4 members (excludes halogenated alkanes) is 7. The SMILES string of the molecule is CCCCCCCCCCC(C)(N)[N+](=O)[O-]. The van der Waals surface area contributed by atoms with Crippen LogP contribution in [0.4, 0.5) is 0 Å². The van der Waals surface area contributed by atoms with Gasteiger partial charge in [-0.3, -0.25) is 15.8 Å². The molecule has 0 aromatic carbocycles. The molecule has 0 aromatic rings. The summed E-state index contributed by atoms with van der Waals surface area (Å²) in [6.07, 6.45) is 10.0. The summed E-state index contributed by atoms with van der Waals surface area (Å²) in [5, 5.41) is 10.5. The van der Waals surface area contributed by atoms with Gasteiger partial charge in [-0.1, -0.05) is 51.9 Å². The molecule has 0 rings (SSSR count). The lowest BCUT2D eigenvalue weighted by molar-refractivity contribution is -0.565. The van der Waals surface area contributed by atoms with Gasteiger partial charge in [-0.25, -0.2) is 0 Å². The lowest BCUT2D eigenvalue weighted by Crippen LogP contribution is -2.44. The molecule has 96 valence electrons. The van der Waals surface area contributed by atoms with Crippen molar-refractivity contribution in [2.45, 2.75) is 77.3 Å². The van der Waals surface area contributed by atoms with Crippen molar-refractivity contribution >= 4 is 0 Å². The molecule has 0 aliphatic carbocycles. The Kier molecular flexibility index (Phi) is 8.16. The van der Waals surface area contributed by atoms with E-state index < -0.39 is 5.66 Å². The summed E-state index contributed by atoms with van der Waals surface area (Å²) in [6.45, 7) is 3.70. The monoisotopic (exact) mass is 230 g/mol. The molecule has 4 heteroatoms. The van der Waals surface area contributed by atoms with Crippen molar-refractivity contribution < 1.29 is 4.92 Å². The number of nitro groups is 1. The Hall–Kier alpha value is -0.640. The Morgan fingerprint density at radius 2 is 1.50 bits per heavy atom. The second kappa shape index (κ2) is 8.50. The first kappa shape index (κ1) is 15.4. The van der Waals surface area contributed by atoms with Gasteiger partial charge >= 0.3 is 0 Å². The van der Waals surface area contributed by atoms with Crippen LogP contribution in [0.1, 0.15) is 71.6 Å². The molecule has 0 radical (unpaired) electrons. The quantitative estimate of drug-likeness (QED) is 0.270. The van der Waals surface area contributed by atoms with E-state index in [1.807, 2.05) is 0 Å². The van der Waals surface area contributed by atoms with Gasteiger partial charge < -0.3 is 0 Å². The third kappa shape index (κ3) is 7.63. The highest BCUT2D eigenvalue weighted by Gasteiger charge is 2.30. The summed E-state index contributed by atoms with van der Waals surface area (Å²) in [6, 6.07) is 0. The van der Waals surface area contributed by atoms with E-state index in [1.165, 1.54) is 45.4 Å². The first-order valence-electron chi connectivity index (χ1n) is 6.44. The molecule has 0 aromatic heterocycles. The fourth-order valence-corrected chi connectivity index (χ4v) is 1.71. The smallest absolute Gasteiger partial charge is 0.266 e. The maximum atomic E-state index is 10.5. The predicted octanol–water partition coefficient (Wildman–Crippen LogP) is 3.47. The van der Waals surface area contributed by atoms with Crippen LogP contribution in [0.5, 0.6) is 0 Å². The Morgan fingerprint density at radius 1 is 1.06 bits per heavy atom. The number of hydrogen-bond acceptors (Lipinski definition) is 3. The van der Waals surface area contributed by atoms with Crippen molar-refractivity contribution in [3.05, 3.63) is 10.1 Å². The topological polar surface area (TPSA) is 69.2 Å². The van der Waals surface area contributed by atoms with E-state index in [4.69, 9.17) is 5.73 Å². The zero-order chi connectivity index (χ0) is 12.4. The molecule has 1 atom stereocenters. The van der Waals surface area contributed by atoms with Crippen molar-refractivity contribution in [3.63, 3.8) is 0 Å². The van der Waals surface area contributed by atoms with Crippen LogP contribution in [-0.4, -0.2) is 10.6 Å². The van der Waals surface area contributed by atoms with E-state index in [-0.39, 0.29) is 4.92 Å². The summed E-state index contributed by atoms with van der Waals surface area (Å²) >= 11 is 0. The van der Waals surface area contributed by atoms with Crippen molar-refractivity contribution in [1.82, 2.24) is 0 Å². The van der Waals surface area contributed by atoms with Gasteiger partial charge in [-0.05, 0) is 6.42 Å². The molecule has 0 aliphatic rings. The minimum absolute atomic E-state index is 0.381. The number of hydrogen-bond donors (Lipinski definition) is 1. The maximum Gasteiger partial charge on any atom is 0.269 e. The lowest BCUT2D eigenvalue weighted by atomic mass is 10.0. The molecule has 0 amide bonds. The highest BCUT2D eigenvalue weighted by Crippen LogP contribution is 2.14. The van der Waals surface area contributed by atoms with Gasteiger partial charge in [0.25, 0.3) is 5.66 Å². The fourth-order valence-electron chi connectivity index (χ4n) is 1.71. The second-order valence-electron chi connectivity index (χ2n) is 4.84. The van der Waals surface area contributed by atoms with Gasteiger partial charge in [0.1, 0.15) is 0 Å². The van der Waals surface area contributed by atoms with Gasteiger partial charge in [-0.15, -0.1) is 0 Å². The average molecular weight is 230 g/mol. The molecular weight excluding hydrogens is 204 g/mol. The molecule has 0 bridgehead atoms. The van der Waals surface area contributed by atoms with Gasteiger partial charge in [0.15, 0.2) is 0 Å². The van der Waals surface area contributed by atoms with Crippen molar-refractivity contribution in [2.24, 2.45) is 5.73 Å². The van der Waals surface area contributed by atoms with Crippen molar-refractivity contribution in [2.75, 3.05) is 0 Å². The predicted molar refractivity (Wildman–Crippen MR) is 66.8 cm³/mol. The molecule has 0 heterocycles. The highest BCUT2D eigenvalue weighted by atomic mass is 16.6. The Bertz CT molecular complexity index is 193. The minimum Gasteiger partial charge on any atom is -0.266 e. The number of nitrogens with two attached hydrogens (primary N) is 1. The van der Waals surface area contributed by atoms with Crippen LogP contribution in [0, 0.1) is 10.1 Å². The van der Waals surface area contributed by atoms with E-state index in [2.05, 4.69) is 6.92 Å². The van der Waals surface area contributed by atoms with E-state index in [1.54, 1.807) is 0 Å². The largest absolute Gasteiger partial charge is 0.269 e. The average Bonchev–Trinajstić information content (AvgIpc) is 2.21. The number of nitrogens with zero attached hydrogens (tertiary/aromatic N) is 1. The van der Waals surface area contributed by atoms with Crippen LogP contribution >= 0.6 is 0 Å². The summed E-state index contributed by atoms with van der Waals surface area (Å²) in [5.41, 5.74) is 4.31. The normalized spacial score (nSPS) is 14.7. The third-order valence-corrected chi connectivity index (χ3v) is 2.95. The van der Waals surface area contributed by atoms with Gasteiger partial charge in [0, 0.05) is 18.3 Å².